The van der Waals surface area contributed by atoms with Gasteiger partial charge < -0.3 is 9.73 Å². The van der Waals surface area contributed by atoms with Crippen molar-refractivity contribution in [1.82, 2.24) is 15.0 Å². The summed E-state index contributed by atoms with van der Waals surface area (Å²) in [4.78, 5) is 26.3. The molecule has 6 heteroatoms. The fraction of sp³-hybridized carbons (Fsp3) is 0.273. The molecule has 28 heavy (non-hydrogen) atoms. The summed E-state index contributed by atoms with van der Waals surface area (Å²) in [6, 6.07) is 10.8. The summed E-state index contributed by atoms with van der Waals surface area (Å²) in [6.45, 7) is 9.98. The van der Waals surface area contributed by atoms with Gasteiger partial charge in [-0.05, 0) is 50.2 Å². The second-order valence-corrected chi connectivity index (χ2v) is 8.00. The third-order valence-electron chi connectivity index (χ3n) is 4.62. The maximum atomic E-state index is 12.7. The highest BCUT2D eigenvalue weighted by Gasteiger charge is 2.21. The highest BCUT2D eigenvalue weighted by molar-refractivity contribution is 6.06. The van der Waals surface area contributed by atoms with Crippen LogP contribution in [0.25, 0.3) is 22.1 Å². The van der Waals surface area contributed by atoms with Crippen molar-refractivity contribution in [2.75, 3.05) is 5.32 Å². The molecule has 0 radical (unpaired) electrons. The normalized spacial score (nSPS) is 11.9. The van der Waals surface area contributed by atoms with Gasteiger partial charge in [0.1, 0.15) is 5.52 Å². The van der Waals surface area contributed by atoms with Crippen LogP contribution in [-0.4, -0.2) is 20.9 Å². The number of nitrogens with zero attached hydrogens (tertiary/aromatic N) is 3. The van der Waals surface area contributed by atoms with E-state index in [0.717, 1.165) is 22.4 Å². The smallest absolute Gasteiger partial charge is 0.255 e. The molecule has 1 amide bonds. The summed E-state index contributed by atoms with van der Waals surface area (Å²) in [5.74, 6) is 0.463. The van der Waals surface area contributed by atoms with E-state index in [1.54, 1.807) is 12.1 Å². The highest BCUT2D eigenvalue weighted by Crippen LogP contribution is 2.27. The fourth-order valence-electron chi connectivity index (χ4n) is 2.90. The van der Waals surface area contributed by atoms with E-state index in [1.165, 1.54) is 0 Å². The number of fused-ring (bicyclic) bond motifs is 2. The number of anilines is 1. The molecule has 0 aliphatic rings. The number of aryl methyl sites for hydroxylation is 2. The first kappa shape index (κ1) is 18.1. The van der Waals surface area contributed by atoms with Gasteiger partial charge in [-0.3, -0.25) is 4.79 Å². The monoisotopic (exact) mass is 374 g/mol. The van der Waals surface area contributed by atoms with Crippen molar-refractivity contribution in [3.05, 3.63) is 59.2 Å². The van der Waals surface area contributed by atoms with Gasteiger partial charge in [0.05, 0.1) is 22.4 Å². The number of benzene rings is 2. The Morgan fingerprint density at radius 2 is 1.61 bits per heavy atom. The molecular formula is C22H22N4O2. The molecular weight excluding hydrogens is 352 g/mol. The Kier molecular flexibility index (Phi) is 4.14. The van der Waals surface area contributed by atoms with Crippen molar-refractivity contribution in [2.45, 2.75) is 40.0 Å². The van der Waals surface area contributed by atoms with E-state index in [2.05, 4.69) is 20.3 Å². The minimum Gasteiger partial charge on any atom is -0.440 e. The van der Waals surface area contributed by atoms with E-state index >= 15 is 0 Å². The number of aromatic nitrogens is 3. The minimum absolute atomic E-state index is 0.176. The van der Waals surface area contributed by atoms with Crippen LogP contribution in [0.5, 0.6) is 0 Å². The first-order valence-corrected chi connectivity index (χ1v) is 9.18. The molecule has 0 bridgehead atoms. The summed E-state index contributed by atoms with van der Waals surface area (Å²) in [7, 11) is 0. The molecule has 4 rings (SSSR count). The zero-order chi connectivity index (χ0) is 20.1. The molecule has 0 atom stereocenters. The Balaban J connectivity index is 1.62. The van der Waals surface area contributed by atoms with E-state index in [4.69, 9.17) is 4.42 Å². The second-order valence-electron chi connectivity index (χ2n) is 8.00. The second kappa shape index (κ2) is 6.41. The third kappa shape index (κ3) is 3.33. The van der Waals surface area contributed by atoms with Gasteiger partial charge in [0.2, 0.25) is 5.89 Å². The molecule has 4 aromatic rings. The van der Waals surface area contributed by atoms with Gasteiger partial charge >= 0.3 is 0 Å². The molecule has 6 nitrogen and oxygen atoms in total. The SMILES string of the molecule is Cc1nc2ccc(C(=O)Nc3ccc4oc(C(C)(C)C)nc4c3)cc2nc1C. The molecule has 0 aliphatic heterocycles. The maximum Gasteiger partial charge on any atom is 0.255 e. The highest BCUT2D eigenvalue weighted by atomic mass is 16.3. The predicted molar refractivity (Wildman–Crippen MR) is 110 cm³/mol. The first-order chi connectivity index (χ1) is 13.2. The molecule has 0 saturated carbocycles. The molecule has 0 spiro atoms. The lowest BCUT2D eigenvalue weighted by Gasteiger charge is -2.11. The van der Waals surface area contributed by atoms with Gasteiger partial charge in [-0.1, -0.05) is 20.8 Å². The number of rotatable bonds is 2. The Morgan fingerprint density at radius 1 is 0.893 bits per heavy atom. The number of carbonyl (C=O) groups is 1. The molecule has 2 heterocycles. The Labute approximate surface area is 163 Å². The van der Waals surface area contributed by atoms with Crippen LogP contribution in [0.4, 0.5) is 5.69 Å². The number of nitrogens with one attached hydrogen (secondary N) is 1. The predicted octanol–water partition coefficient (Wildman–Crippen LogP) is 4.94. The molecule has 0 fully saturated rings. The Hall–Kier alpha value is -3.28. The van der Waals surface area contributed by atoms with Crippen molar-refractivity contribution in [2.24, 2.45) is 0 Å². The van der Waals surface area contributed by atoms with Gasteiger partial charge in [0.15, 0.2) is 5.58 Å². The topological polar surface area (TPSA) is 80.9 Å². The Bertz CT molecular complexity index is 1220. The van der Waals surface area contributed by atoms with Gasteiger partial charge in [-0.25, -0.2) is 15.0 Å². The largest absolute Gasteiger partial charge is 0.440 e. The Morgan fingerprint density at radius 3 is 2.32 bits per heavy atom. The third-order valence-corrected chi connectivity index (χ3v) is 4.62. The fourth-order valence-corrected chi connectivity index (χ4v) is 2.90. The van der Waals surface area contributed by atoms with Crippen molar-refractivity contribution < 1.29 is 9.21 Å². The van der Waals surface area contributed by atoms with Crippen molar-refractivity contribution in [1.29, 1.82) is 0 Å². The van der Waals surface area contributed by atoms with Crippen LogP contribution in [0.15, 0.2) is 40.8 Å². The average molecular weight is 374 g/mol. The van der Waals surface area contributed by atoms with E-state index in [-0.39, 0.29) is 11.3 Å². The van der Waals surface area contributed by atoms with E-state index in [9.17, 15) is 4.79 Å². The molecule has 142 valence electrons. The van der Waals surface area contributed by atoms with E-state index in [1.807, 2.05) is 58.9 Å². The molecule has 0 saturated heterocycles. The zero-order valence-electron chi connectivity index (χ0n) is 16.6. The van der Waals surface area contributed by atoms with Crippen molar-refractivity contribution >= 4 is 33.7 Å². The number of hydrogen-bond acceptors (Lipinski definition) is 5. The van der Waals surface area contributed by atoms with Crippen LogP contribution >= 0.6 is 0 Å². The molecule has 2 aromatic carbocycles. The van der Waals surface area contributed by atoms with Crippen LogP contribution in [0, 0.1) is 13.8 Å². The van der Waals surface area contributed by atoms with Gasteiger partial charge in [0.25, 0.3) is 5.91 Å². The lowest BCUT2D eigenvalue weighted by Crippen LogP contribution is -2.12. The number of amides is 1. The number of carbonyl (C=O) groups excluding carboxylic acids is 1. The van der Waals surface area contributed by atoms with Crippen LogP contribution in [0.3, 0.4) is 0 Å². The van der Waals surface area contributed by atoms with Crippen molar-refractivity contribution in [3.8, 4) is 0 Å². The van der Waals surface area contributed by atoms with Crippen LogP contribution in [0.2, 0.25) is 0 Å². The first-order valence-electron chi connectivity index (χ1n) is 9.18. The summed E-state index contributed by atoms with van der Waals surface area (Å²) in [6.07, 6.45) is 0. The zero-order valence-corrected chi connectivity index (χ0v) is 16.6. The summed E-state index contributed by atoms with van der Waals surface area (Å²) in [5, 5.41) is 2.92. The summed E-state index contributed by atoms with van der Waals surface area (Å²) >= 11 is 0. The lowest BCUT2D eigenvalue weighted by molar-refractivity contribution is 0.102. The summed E-state index contributed by atoms with van der Waals surface area (Å²) in [5.41, 5.74) is 5.67. The average Bonchev–Trinajstić information content (AvgIpc) is 3.06. The van der Waals surface area contributed by atoms with Crippen LogP contribution in [0.1, 0.15) is 48.4 Å². The molecule has 2 aromatic heterocycles. The molecule has 0 aliphatic carbocycles. The van der Waals surface area contributed by atoms with E-state index in [0.29, 0.717) is 28.2 Å². The van der Waals surface area contributed by atoms with Crippen LogP contribution < -0.4 is 5.32 Å². The quantitative estimate of drug-likeness (QED) is 0.537. The van der Waals surface area contributed by atoms with Crippen LogP contribution in [-0.2, 0) is 5.41 Å². The van der Waals surface area contributed by atoms with Gasteiger partial charge in [0, 0.05) is 16.7 Å². The number of oxazole rings is 1. The van der Waals surface area contributed by atoms with Crippen molar-refractivity contribution in [3.63, 3.8) is 0 Å². The van der Waals surface area contributed by atoms with Gasteiger partial charge in [-0.2, -0.15) is 0 Å². The minimum atomic E-state index is -0.208. The molecule has 0 unspecified atom stereocenters. The maximum absolute atomic E-state index is 12.7. The standard InChI is InChI=1S/C22H22N4O2/c1-12-13(2)24-17-10-14(6-8-16(17)23-12)20(27)25-15-7-9-19-18(11-15)26-21(28-19)22(3,4)5/h6-11H,1-5H3,(H,25,27). The van der Waals surface area contributed by atoms with E-state index < -0.39 is 0 Å². The molecule has 1 N–H and O–H groups in total. The lowest BCUT2D eigenvalue weighted by atomic mass is 9.97. The number of hydrogen-bond donors (Lipinski definition) is 1. The summed E-state index contributed by atoms with van der Waals surface area (Å²) < 4.78 is 5.81. The van der Waals surface area contributed by atoms with Gasteiger partial charge in [-0.15, -0.1) is 0 Å².